The summed E-state index contributed by atoms with van der Waals surface area (Å²) in [5.41, 5.74) is 0. The van der Waals surface area contributed by atoms with Gasteiger partial charge in [-0.05, 0) is 50.2 Å². The van der Waals surface area contributed by atoms with Crippen LogP contribution in [0.5, 0.6) is 0 Å². The summed E-state index contributed by atoms with van der Waals surface area (Å²) in [7, 11) is 4.13. The molecule has 1 aromatic rings. The Morgan fingerprint density at radius 1 is 1.32 bits per heavy atom. The van der Waals surface area contributed by atoms with Crippen molar-refractivity contribution in [2.75, 3.05) is 33.7 Å². The van der Waals surface area contributed by atoms with Crippen molar-refractivity contribution in [1.82, 2.24) is 15.5 Å². The quantitative estimate of drug-likeness (QED) is 0.250. The maximum absolute atomic E-state index is 4.38. The first-order valence-corrected chi connectivity index (χ1v) is 10.3. The van der Waals surface area contributed by atoms with Gasteiger partial charge in [-0.15, -0.1) is 35.3 Å². The number of hydrogen-bond donors (Lipinski definition) is 2. The Morgan fingerprint density at radius 2 is 2.16 bits per heavy atom. The topological polar surface area (TPSA) is 39.7 Å². The van der Waals surface area contributed by atoms with Gasteiger partial charge in [0.25, 0.3) is 0 Å². The van der Waals surface area contributed by atoms with Gasteiger partial charge < -0.3 is 10.6 Å². The number of guanidine groups is 1. The summed E-state index contributed by atoms with van der Waals surface area (Å²) in [6.07, 6.45) is 7.70. The first-order valence-electron chi connectivity index (χ1n) is 9.44. The second-order valence-electron chi connectivity index (χ2n) is 6.78. The molecule has 1 aromatic heterocycles. The van der Waals surface area contributed by atoms with Crippen LogP contribution in [0.1, 0.15) is 56.4 Å². The van der Waals surface area contributed by atoms with Crippen molar-refractivity contribution in [3.63, 3.8) is 0 Å². The molecular formula is C19H35IN4S. The summed E-state index contributed by atoms with van der Waals surface area (Å²) in [5, 5.41) is 9.21. The monoisotopic (exact) mass is 478 g/mol. The van der Waals surface area contributed by atoms with Crippen LogP contribution in [0.4, 0.5) is 0 Å². The molecule has 2 N–H and O–H groups in total. The van der Waals surface area contributed by atoms with Gasteiger partial charge in [0.1, 0.15) is 0 Å². The van der Waals surface area contributed by atoms with Crippen molar-refractivity contribution in [1.29, 1.82) is 0 Å². The van der Waals surface area contributed by atoms with E-state index in [1.165, 1.54) is 49.9 Å². The lowest BCUT2D eigenvalue weighted by Gasteiger charge is -2.39. The van der Waals surface area contributed by atoms with Gasteiger partial charge in [0.2, 0.25) is 0 Å². The van der Waals surface area contributed by atoms with Crippen LogP contribution < -0.4 is 10.6 Å². The maximum Gasteiger partial charge on any atom is 0.190 e. The number of likely N-dealkylation sites (tertiary alicyclic amines) is 1. The zero-order chi connectivity index (χ0) is 17.2. The molecule has 1 aliphatic heterocycles. The van der Waals surface area contributed by atoms with E-state index in [9.17, 15) is 0 Å². The van der Waals surface area contributed by atoms with Gasteiger partial charge in [-0.1, -0.05) is 32.3 Å². The van der Waals surface area contributed by atoms with E-state index < -0.39 is 0 Å². The zero-order valence-corrected chi connectivity index (χ0v) is 19.1. The molecule has 6 heteroatoms. The standard InChI is InChI=1S/C19H34N4S.HI/c1-4-5-6-7-12-21-19(20-2)22-15-16-10-8-13-23(3)18(16)17-11-9-14-24-17;/h9,11,14,16,18H,4-8,10,12-13,15H2,1-3H3,(H2,20,21,22);1H. The molecule has 0 saturated carbocycles. The molecule has 0 radical (unpaired) electrons. The van der Waals surface area contributed by atoms with E-state index in [0.29, 0.717) is 12.0 Å². The molecule has 2 atom stereocenters. The van der Waals surface area contributed by atoms with Crippen molar-refractivity contribution in [3.05, 3.63) is 22.4 Å². The highest BCUT2D eigenvalue weighted by atomic mass is 127. The lowest BCUT2D eigenvalue weighted by molar-refractivity contribution is 0.125. The van der Waals surface area contributed by atoms with Crippen molar-refractivity contribution >= 4 is 41.3 Å². The van der Waals surface area contributed by atoms with Gasteiger partial charge in [0.05, 0.1) is 0 Å². The van der Waals surface area contributed by atoms with E-state index in [2.05, 4.69) is 52.0 Å². The molecule has 0 amide bonds. The highest BCUT2D eigenvalue weighted by Crippen LogP contribution is 2.36. The fourth-order valence-electron chi connectivity index (χ4n) is 3.59. The molecule has 1 aliphatic rings. The molecule has 2 heterocycles. The Morgan fingerprint density at radius 3 is 2.84 bits per heavy atom. The average Bonchev–Trinajstić information content (AvgIpc) is 3.11. The third-order valence-corrected chi connectivity index (χ3v) is 5.86. The van der Waals surface area contributed by atoms with E-state index >= 15 is 0 Å². The number of rotatable bonds is 8. The Hall–Kier alpha value is -0.340. The predicted octanol–water partition coefficient (Wildman–Crippen LogP) is 4.49. The molecule has 144 valence electrons. The zero-order valence-electron chi connectivity index (χ0n) is 16.0. The molecule has 2 rings (SSSR count). The summed E-state index contributed by atoms with van der Waals surface area (Å²) < 4.78 is 0. The summed E-state index contributed by atoms with van der Waals surface area (Å²) in [6, 6.07) is 4.99. The molecule has 2 unspecified atom stereocenters. The molecule has 1 fully saturated rings. The smallest absolute Gasteiger partial charge is 0.190 e. The van der Waals surface area contributed by atoms with Crippen molar-refractivity contribution in [2.24, 2.45) is 10.9 Å². The minimum Gasteiger partial charge on any atom is -0.356 e. The molecular weight excluding hydrogens is 443 g/mol. The summed E-state index contributed by atoms with van der Waals surface area (Å²) in [6.45, 7) is 5.45. The van der Waals surface area contributed by atoms with Gasteiger partial charge in [-0.25, -0.2) is 0 Å². The van der Waals surface area contributed by atoms with Crippen LogP contribution in [-0.2, 0) is 0 Å². The number of aliphatic imine (C=N–C) groups is 1. The van der Waals surface area contributed by atoms with Crippen LogP contribution in [0.15, 0.2) is 22.5 Å². The molecule has 0 bridgehead atoms. The molecule has 0 aromatic carbocycles. The van der Waals surface area contributed by atoms with Gasteiger partial charge in [0.15, 0.2) is 5.96 Å². The number of thiophene rings is 1. The Bertz CT molecular complexity index is 478. The molecule has 4 nitrogen and oxygen atoms in total. The van der Waals surface area contributed by atoms with Gasteiger partial charge in [-0.3, -0.25) is 9.89 Å². The number of nitrogens with one attached hydrogen (secondary N) is 2. The van der Waals surface area contributed by atoms with Crippen LogP contribution in [0, 0.1) is 5.92 Å². The van der Waals surface area contributed by atoms with Crippen LogP contribution >= 0.6 is 35.3 Å². The molecule has 1 saturated heterocycles. The third-order valence-electron chi connectivity index (χ3n) is 4.92. The summed E-state index contributed by atoms with van der Waals surface area (Å²) in [4.78, 5) is 8.39. The SMILES string of the molecule is CCCCCCNC(=NC)NCC1CCCN(C)C1c1cccs1.I. The normalized spacial score (nSPS) is 21.6. The Labute approximate surface area is 174 Å². The number of hydrogen-bond acceptors (Lipinski definition) is 3. The van der Waals surface area contributed by atoms with Crippen LogP contribution in [0.25, 0.3) is 0 Å². The van der Waals surface area contributed by atoms with Crippen molar-refractivity contribution in [3.8, 4) is 0 Å². The Kier molecular flexibility index (Phi) is 11.7. The van der Waals surface area contributed by atoms with E-state index in [4.69, 9.17) is 0 Å². The second kappa shape index (κ2) is 12.9. The highest BCUT2D eigenvalue weighted by Gasteiger charge is 2.31. The van der Waals surface area contributed by atoms with E-state index in [1.54, 1.807) is 0 Å². The van der Waals surface area contributed by atoms with Crippen molar-refractivity contribution in [2.45, 2.75) is 51.5 Å². The predicted molar refractivity (Wildman–Crippen MR) is 121 cm³/mol. The second-order valence-corrected chi connectivity index (χ2v) is 7.76. The largest absolute Gasteiger partial charge is 0.356 e. The summed E-state index contributed by atoms with van der Waals surface area (Å²) in [5.74, 6) is 1.59. The fraction of sp³-hybridized carbons (Fsp3) is 0.737. The first kappa shape index (κ1) is 22.7. The van der Waals surface area contributed by atoms with Crippen LogP contribution in [0.3, 0.4) is 0 Å². The van der Waals surface area contributed by atoms with Gasteiger partial charge in [0, 0.05) is 31.1 Å². The Balaban J connectivity index is 0.00000312. The minimum atomic E-state index is 0. The van der Waals surface area contributed by atoms with E-state index in [1.807, 2.05) is 18.4 Å². The molecule has 0 spiro atoms. The van der Waals surface area contributed by atoms with E-state index in [0.717, 1.165) is 19.0 Å². The average molecular weight is 478 g/mol. The van der Waals surface area contributed by atoms with Crippen molar-refractivity contribution < 1.29 is 0 Å². The van der Waals surface area contributed by atoms with Gasteiger partial charge >= 0.3 is 0 Å². The van der Waals surface area contributed by atoms with Crippen LogP contribution in [0.2, 0.25) is 0 Å². The minimum absolute atomic E-state index is 0. The fourth-order valence-corrected chi connectivity index (χ4v) is 4.57. The number of unbranched alkanes of at least 4 members (excludes halogenated alkanes) is 3. The lowest BCUT2D eigenvalue weighted by Crippen LogP contribution is -2.45. The summed E-state index contributed by atoms with van der Waals surface area (Å²) >= 11 is 1.88. The number of piperidine rings is 1. The van der Waals surface area contributed by atoms with E-state index in [-0.39, 0.29) is 24.0 Å². The highest BCUT2D eigenvalue weighted by molar-refractivity contribution is 14.0. The number of nitrogens with zero attached hydrogens (tertiary/aromatic N) is 2. The van der Waals surface area contributed by atoms with Crippen LogP contribution in [-0.4, -0.2) is 44.6 Å². The third kappa shape index (κ3) is 7.43. The molecule has 0 aliphatic carbocycles. The first-order chi connectivity index (χ1) is 11.8. The van der Waals surface area contributed by atoms with Gasteiger partial charge in [-0.2, -0.15) is 0 Å². The maximum atomic E-state index is 4.38. The number of halogens is 1. The lowest BCUT2D eigenvalue weighted by atomic mass is 9.88. The molecule has 25 heavy (non-hydrogen) atoms.